The van der Waals surface area contributed by atoms with E-state index >= 15 is 0 Å². The highest BCUT2D eigenvalue weighted by atomic mass is 32.1. The second-order valence-corrected chi connectivity index (χ2v) is 9.09. The summed E-state index contributed by atoms with van der Waals surface area (Å²) in [5.74, 6) is -0.108. The van der Waals surface area contributed by atoms with Gasteiger partial charge in [-0.25, -0.2) is 0 Å². The Morgan fingerprint density at radius 2 is 1.27 bits per heavy atom. The number of Topliss-reactive ketones (excluding diaryl/α,β-unsaturated/α-hetero) is 1. The van der Waals surface area contributed by atoms with E-state index in [9.17, 15) is 4.79 Å². The molecule has 0 aliphatic heterocycles. The van der Waals surface area contributed by atoms with Gasteiger partial charge in [-0.1, -0.05) is 103 Å². The van der Waals surface area contributed by atoms with Gasteiger partial charge in [0.15, 0.2) is 5.78 Å². The summed E-state index contributed by atoms with van der Waals surface area (Å²) in [6.45, 7) is 0. The molecule has 1 heterocycles. The molecule has 0 saturated carbocycles. The van der Waals surface area contributed by atoms with Gasteiger partial charge in [0, 0.05) is 10.4 Å². The molecule has 0 amide bonds. The molecule has 0 saturated heterocycles. The van der Waals surface area contributed by atoms with Crippen molar-refractivity contribution in [3.63, 3.8) is 0 Å². The van der Waals surface area contributed by atoms with Gasteiger partial charge in [-0.15, -0.1) is 11.3 Å². The molecular formula is C31H24OS. The molecule has 1 aromatic heterocycles. The second-order valence-electron chi connectivity index (χ2n) is 8.11. The molecule has 0 N–H and O–H groups in total. The van der Waals surface area contributed by atoms with Crippen molar-refractivity contribution in [2.45, 2.75) is 12.3 Å². The maximum absolute atomic E-state index is 13.8. The highest BCUT2D eigenvalue weighted by Gasteiger charge is 2.23. The highest BCUT2D eigenvalue weighted by molar-refractivity contribution is 7.09. The topological polar surface area (TPSA) is 17.1 Å². The molecule has 0 aliphatic carbocycles. The number of carbonyl (C=O) groups excluding carboxylic acids is 1. The number of carbonyl (C=O) groups is 1. The van der Waals surface area contributed by atoms with Crippen LogP contribution in [0.1, 0.15) is 26.7 Å². The average Bonchev–Trinajstić information content (AvgIpc) is 3.00. The van der Waals surface area contributed by atoms with Crippen LogP contribution in [0.4, 0.5) is 0 Å². The summed E-state index contributed by atoms with van der Waals surface area (Å²) in [6.07, 6.45) is 0.650. The molecule has 1 unspecified atom stereocenters. The number of hydrogen-bond acceptors (Lipinski definition) is 2. The fourth-order valence-electron chi connectivity index (χ4n) is 4.30. The lowest BCUT2D eigenvalue weighted by atomic mass is 9.87. The molecule has 4 aromatic carbocycles. The first kappa shape index (κ1) is 21.1. The maximum Gasteiger partial charge on any atom is 0.171 e. The van der Waals surface area contributed by atoms with E-state index in [0.717, 1.165) is 10.4 Å². The van der Waals surface area contributed by atoms with Crippen LogP contribution in [-0.2, 0) is 6.42 Å². The monoisotopic (exact) mass is 444 g/mol. The molecule has 2 heteroatoms. The van der Waals surface area contributed by atoms with E-state index in [2.05, 4.69) is 66.0 Å². The van der Waals surface area contributed by atoms with Gasteiger partial charge in [-0.05, 0) is 57.1 Å². The third kappa shape index (κ3) is 4.72. The quantitative estimate of drug-likeness (QED) is 0.196. The van der Waals surface area contributed by atoms with Gasteiger partial charge in [0.1, 0.15) is 0 Å². The Kier molecular flexibility index (Phi) is 6.27. The fraction of sp³-hybridized carbons (Fsp3) is 0.0645. The maximum atomic E-state index is 13.8. The predicted molar refractivity (Wildman–Crippen MR) is 141 cm³/mol. The largest absolute Gasteiger partial charge is 0.293 e. The van der Waals surface area contributed by atoms with Gasteiger partial charge < -0.3 is 0 Å². The van der Waals surface area contributed by atoms with E-state index < -0.39 is 0 Å². The van der Waals surface area contributed by atoms with Gasteiger partial charge in [-0.3, -0.25) is 4.79 Å². The van der Waals surface area contributed by atoms with Crippen molar-refractivity contribution >= 4 is 38.7 Å². The Hall–Kier alpha value is -3.75. The number of rotatable bonds is 5. The Balaban J connectivity index is 1.65. The molecule has 0 bridgehead atoms. The molecule has 1 nitrogen and oxygen atoms in total. The summed E-state index contributed by atoms with van der Waals surface area (Å²) < 4.78 is 0. The Morgan fingerprint density at radius 3 is 2.12 bits per heavy atom. The lowest BCUT2D eigenvalue weighted by molar-refractivity contribution is 0.0960. The van der Waals surface area contributed by atoms with Crippen LogP contribution in [0.5, 0.6) is 0 Å². The second kappa shape index (κ2) is 9.81. The molecule has 33 heavy (non-hydrogen) atoms. The molecule has 160 valence electrons. The van der Waals surface area contributed by atoms with Crippen molar-refractivity contribution in [1.82, 2.24) is 0 Å². The number of fused-ring (bicyclic) bond motifs is 2. The minimum Gasteiger partial charge on any atom is -0.293 e. The zero-order valence-electron chi connectivity index (χ0n) is 18.2. The van der Waals surface area contributed by atoms with Gasteiger partial charge in [0.05, 0.1) is 5.92 Å². The van der Waals surface area contributed by atoms with Gasteiger partial charge in [0.25, 0.3) is 0 Å². The smallest absolute Gasteiger partial charge is 0.171 e. The number of ketones is 1. The van der Waals surface area contributed by atoms with Crippen LogP contribution in [0.15, 0.2) is 127 Å². The minimum atomic E-state index is -0.262. The lowest BCUT2D eigenvalue weighted by Crippen LogP contribution is -2.15. The van der Waals surface area contributed by atoms with Crippen molar-refractivity contribution in [3.8, 4) is 0 Å². The summed E-state index contributed by atoms with van der Waals surface area (Å²) in [4.78, 5) is 14.8. The Bertz CT molecular complexity index is 1440. The van der Waals surface area contributed by atoms with E-state index in [1.165, 1.54) is 27.1 Å². The summed E-state index contributed by atoms with van der Waals surface area (Å²) in [5.41, 5.74) is 1.95. The summed E-state index contributed by atoms with van der Waals surface area (Å²) >= 11 is 1.63. The van der Waals surface area contributed by atoms with E-state index in [1.807, 2.05) is 60.7 Å². The normalized spacial score (nSPS) is 11.8. The van der Waals surface area contributed by atoms with Crippen LogP contribution in [0, 0.1) is 0 Å². The molecule has 0 radical (unpaired) electrons. The van der Waals surface area contributed by atoms with Gasteiger partial charge in [0.2, 0.25) is 0 Å². The first-order chi connectivity index (χ1) is 16.3. The van der Waals surface area contributed by atoms with Crippen molar-refractivity contribution in [1.29, 1.82) is 0 Å². The zero-order valence-corrected chi connectivity index (χ0v) is 19.0. The van der Waals surface area contributed by atoms with Crippen molar-refractivity contribution in [3.05, 3.63) is 143 Å². The first-order valence-corrected chi connectivity index (χ1v) is 12.0. The third-order valence-corrected chi connectivity index (χ3v) is 6.95. The highest BCUT2D eigenvalue weighted by Crippen LogP contribution is 2.32. The predicted octanol–water partition coefficient (Wildman–Crippen LogP) is 8.39. The first-order valence-electron chi connectivity index (χ1n) is 11.2. The van der Waals surface area contributed by atoms with Crippen molar-refractivity contribution in [2.75, 3.05) is 0 Å². The van der Waals surface area contributed by atoms with Crippen LogP contribution in [0.25, 0.3) is 21.5 Å². The standard InChI is InChI=1S/C31H24OS/c32-31(23-12-5-4-6-13-23)29(30-18-7-2-1-3-10-19-33-30)22-27-17-11-16-26-20-24-14-8-9-15-25(24)21-28(26)27/h1-21,29H,22H2. The molecule has 0 spiro atoms. The van der Waals surface area contributed by atoms with E-state index in [1.54, 1.807) is 11.3 Å². The molecule has 1 atom stereocenters. The van der Waals surface area contributed by atoms with Crippen LogP contribution < -0.4 is 0 Å². The zero-order chi connectivity index (χ0) is 22.5. The summed E-state index contributed by atoms with van der Waals surface area (Å²) in [7, 11) is 0. The van der Waals surface area contributed by atoms with Gasteiger partial charge in [-0.2, -0.15) is 0 Å². The molecule has 0 aliphatic rings. The van der Waals surface area contributed by atoms with E-state index in [4.69, 9.17) is 0 Å². The van der Waals surface area contributed by atoms with Crippen LogP contribution in [0.3, 0.4) is 0 Å². The van der Waals surface area contributed by atoms with Crippen LogP contribution in [0.2, 0.25) is 0 Å². The van der Waals surface area contributed by atoms with Crippen molar-refractivity contribution in [2.24, 2.45) is 0 Å². The summed E-state index contributed by atoms with van der Waals surface area (Å²) in [5, 5.41) is 6.92. The lowest BCUT2D eigenvalue weighted by Gasteiger charge is -2.17. The molecular weight excluding hydrogens is 420 g/mol. The van der Waals surface area contributed by atoms with Crippen LogP contribution in [-0.4, -0.2) is 5.78 Å². The molecule has 5 rings (SSSR count). The average molecular weight is 445 g/mol. The van der Waals surface area contributed by atoms with Gasteiger partial charge >= 0.3 is 0 Å². The number of hydrogen-bond donors (Lipinski definition) is 0. The van der Waals surface area contributed by atoms with E-state index in [-0.39, 0.29) is 11.7 Å². The Morgan fingerprint density at radius 1 is 0.636 bits per heavy atom. The molecule has 5 aromatic rings. The minimum absolute atomic E-state index is 0.154. The SMILES string of the molecule is O=C(c1ccccc1)C(Cc1cccc2cc3ccccc3cc12)c1cccccccs1. The van der Waals surface area contributed by atoms with Crippen LogP contribution >= 0.6 is 11.3 Å². The fourth-order valence-corrected chi connectivity index (χ4v) is 5.14. The third-order valence-electron chi connectivity index (χ3n) is 5.97. The van der Waals surface area contributed by atoms with E-state index in [0.29, 0.717) is 6.42 Å². The van der Waals surface area contributed by atoms with Crippen molar-refractivity contribution < 1.29 is 4.79 Å². The Labute approximate surface area is 198 Å². The summed E-state index contributed by atoms with van der Waals surface area (Å²) in [6, 6.07) is 41.1. The number of benzene rings is 4. The molecule has 0 fully saturated rings.